The Morgan fingerprint density at radius 1 is 0.605 bits per heavy atom. The highest BCUT2D eigenvalue weighted by atomic mass is 16.6. The molecule has 1 aliphatic heterocycles. The monoisotopic (exact) mass is 608 g/mol. The first kappa shape index (κ1) is 39.9. The Labute approximate surface area is 268 Å². The Morgan fingerprint density at radius 3 is 1.47 bits per heavy atom. The van der Waals surface area contributed by atoms with Crippen LogP contribution in [-0.2, 0) is 19.1 Å². The Balaban J connectivity index is 2.48. The second-order valence-corrected chi connectivity index (χ2v) is 13.7. The number of nitrogens with zero attached hydrogens (tertiary/aromatic N) is 1. The van der Waals surface area contributed by atoms with E-state index in [4.69, 9.17) is 9.47 Å². The quantitative estimate of drug-likeness (QED) is 0.0625. The van der Waals surface area contributed by atoms with E-state index >= 15 is 0 Å². The van der Waals surface area contributed by atoms with Gasteiger partial charge in [0.2, 0.25) is 0 Å². The van der Waals surface area contributed by atoms with E-state index < -0.39 is 0 Å². The zero-order chi connectivity index (χ0) is 31.4. The number of hydrogen-bond acceptors (Lipinski definition) is 5. The SMILES string of the molecule is CCCCCCCCCCCCCCCC(COC(=O)C(CCCCCC)CCCCCC)OC(=O)C1CCN(C)CC1. The fourth-order valence-electron chi connectivity index (χ4n) is 6.38. The molecule has 0 radical (unpaired) electrons. The summed E-state index contributed by atoms with van der Waals surface area (Å²) in [5, 5.41) is 0. The summed E-state index contributed by atoms with van der Waals surface area (Å²) >= 11 is 0. The number of rotatable bonds is 29. The summed E-state index contributed by atoms with van der Waals surface area (Å²) in [6.45, 7) is 8.82. The molecule has 0 aromatic heterocycles. The Hall–Kier alpha value is -1.10. The van der Waals surface area contributed by atoms with Gasteiger partial charge in [-0.1, -0.05) is 149 Å². The van der Waals surface area contributed by atoms with Gasteiger partial charge in [-0.15, -0.1) is 0 Å². The molecule has 0 amide bonds. The minimum absolute atomic E-state index is 0.0183. The van der Waals surface area contributed by atoms with Crippen LogP contribution in [0.1, 0.15) is 188 Å². The van der Waals surface area contributed by atoms with Gasteiger partial charge in [-0.2, -0.15) is 0 Å². The van der Waals surface area contributed by atoms with Crippen LogP contribution in [0.5, 0.6) is 0 Å². The number of carbonyl (C=O) groups excluding carboxylic acids is 2. The fourth-order valence-corrected chi connectivity index (χ4v) is 6.38. The van der Waals surface area contributed by atoms with Crippen molar-refractivity contribution in [2.24, 2.45) is 11.8 Å². The minimum atomic E-state index is -0.315. The van der Waals surface area contributed by atoms with E-state index in [-0.39, 0.29) is 36.5 Å². The van der Waals surface area contributed by atoms with Gasteiger partial charge in [0.25, 0.3) is 0 Å². The highest BCUT2D eigenvalue weighted by Gasteiger charge is 2.28. The van der Waals surface area contributed by atoms with Crippen LogP contribution in [0.25, 0.3) is 0 Å². The van der Waals surface area contributed by atoms with Gasteiger partial charge in [0.1, 0.15) is 12.7 Å². The van der Waals surface area contributed by atoms with Crippen molar-refractivity contribution in [2.75, 3.05) is 26.7 Å². The van der Waals surface area contributed by atoms with Crippen LogP contribution in [0, 0.1) is 11.8 Å². The number of esters is 2. The molecule has 0 bridgehead atoms. The highest BCUT2D eigenvalue weighted by molar-refractivity contribution is 5.73. The van der Waals surface area contributed by atoms with Crippen LogP contribution in [0.2, 0.25) is 0 Å². The zero-order valence-corrected chi connectivity index (χ0v) is 29.3. The lowest BCUT2D eigenvalue weighted by molar-refractivity contribution is -0.166. The van der Waals surface area contributed by atoms with E-state index in [2.05, 4.69) is 32.7 Å². The molecule has 0 spiro atoms. The summed E-state index contributed by atoms with van der Waals surface area (Å²) in [5.74, 6) is -0.195. The number of likely N-dealkylation sites (tertiary alicyclic amines) is 1. The second-order valence-electron chi connectivity index (χ2n) is 13.7. The minimum Gasteiger partial charge on any atom is -0.462 e. The maximum atomic E-state index is 13.2. The molecule has 43 heavy (non-hydrogen) atoms. The number of piperidine rings is 1. The molecule has 1 unspecified atom stereocenters. The van der Waals surface area contributed by atoms with Crippen molar-refractivity contribution >= 4 is 11.9 Å². The predicted octanol–water partition coefficient (Wildman–Crippen LogP) is 10.8. The molecule has 1 atom stereocenters. The van der Waals surface area contributed by atoms with Gasteiger partial charge < -0.3 is 14.4 Å². The molecule has 254 valence electrons. The average molecular weight is 608 g/mol. The summed E-state index contributed by atoms with van der Waals surface area (Å²) in [4.78, 5) is 28.5. The third-order valence-corrected chi connectivity index (χ3v) is 9.52. The molecular weight excluding hydrogens is 534 g/mol. The van der Waals surface area contributed by atoms with Crippen molar-refractivity contribution in [1.29, 1.82) is 0 Å². The van der Waals surface area contributed by atoms with Gasteiger partial charge in [0.05, 0.1) is 11.8 Å². The lowest BCUT2D eigenvalue weighted by Gasteiger charge is -2.29. The maximum Gasteiger partial charge on any atom is 0.309 e. The summed E-state index contributed by atoms with van der Waals surface area (Å²) in [6, 6.07) is 0. The lowest BCUT2D eigenvalue weighted by Crippen LogP contribution is -2.36. The van der Waals surface area contributed by atoms with Crippen molar-refractivity contribution in [2.45, 2.75) is 194 Å². The van der Waals surface area contributed by atoms with Crippen molar-refractivity contribution < 1.29 is 19.1 Å². The number of unbranched alkanes of at least 4 members (excludes halogenated alkanes) is 18. The van der Waals surface area contributed by atoms with Gasteiger partial charge in [-0.3, -0.25) is 9.59 Å². The molecule has 0 aromatic rings. The number of ether oxygens (including phenoxy) is 2. The topological polar surface area (TPSA) is 55.8 Å². The van der Waals surface area contributed by atoms with E-state index in [1.165, 1.54) is 109 Å². The summed E-state index contributed by atoms with van der Waals surface area (Å²) in [6.07, 6.45) is 30.6. The molecule has 1 aliphatic rings. The third-order valence-electron chi connectivity index (χ3n) is 9.52. The highest BCUT2D eigenvalue weighted by Crippen LogP contribution is 2.23. The third kappa shape index (κ3) is 22.1. The molecule has 5 nitrogen and oxygen atoms in total. The standard InChI is InChI=1S/C38H73NO4/c1-5-8-11-14-15-16-17-18-19-20-21-22-25-28-36(43-38(41)35-29-31-39(4)32-30-35)33-42-37(40)34(26-23-12-9-6-2)27-24-13-10-7-3/h34-36H,5-33H2,1-4H3. The Bertz CT molecular complexity index is 634. The van der Waals surface area contributed by atoms with E-state index in [9.17, 15) is 9.59 Å². The molecule has 0 aromatic carbocycles. The number of carbonyl (C=O) groups is 2. The van der Waals surface area contributed by atoms with Crippen molar-refractivity contribution in [3.63, 3.8) is 0 Å². The van der Waals surface area contributed by atoms with Crippen LogP contribution < -0.4 is 0 Å². The molecule has 5 heteroatoms. The molecule has 1 fully saturated rings. The zero-order valence-electron chi connectivity index (χ0n) is 29.3. The van der Waals surface area contributed by atoms with Crippen molar-refractivity contribution in [3.8, 4) is 0 Å². The van der Waals surface area contributed by atoms with Gasteiger partial charge in [-0.05, 0) is 58.7 Å². The molecule has 1 saturated heterocycles. The largest absolute Gasteiger partial charge is 0.462 e. The molecule has 0 aliphatic carbocycles. The van der Waals surface area contributed by atoms with E-state index in [1.807, 2.05) is 0 Å². The van der Waals surface area contributed by atoms with E-state index in [0.29, 0.717) is 0 Å². The van der Waals surface area contributed by atoms with Gasteiger partial charge >= 0.3 is 11.9 Å². The molecule has 0 N–H and O–H groups in total. The lowest BCUT2D eigenvalue weighted by atomic mass is 9.94. The van der Waals surface area contributed by atoms with Crippen LogP contribution in [-0.4, -0.2) is 49.7 Å². The molecular formula is C38H73NO4. The van der Waals surface area contributed by atoms with E-state index in [0.717, 1.165) is 70.9 Å². The summed E-state index contributed by atoms with van der Waals surface area (Å²) < 4.78 is 12.0. The summed E-state index contributed by atoms with van der Waals surface area (Å²) in [5.41, 5.74) is 0. The maximum absolute atomic E-state index is 13.2. The Morgan fingerprint density at radius 2 is 1.00 bits per heavy atom. The van der Waals surface area contributed by atoms with Crippen LogP contribution >= 0.6 is 0 Å². The molecule has 1 rings (SSSR count). The van der Waals surface area contributed by atoms with Crippen LogP contribution in [0.3, 0.4) is 0 Å². The van der Waals surface area contributed by atoms with Gasteiger partial charge in [-0.25, -0.2) is 0 Å². The fraction of sp³-hybridized carbons (Fsp3) is 0.947. The van der Waals surface area contributed by atoms with Crippen molar-refractivity contribution in [3.05, 3.63) is 0 Å². The van der Waals surface area contributed by atoms with Crippen LogP contribution in [0.15, 0.2) is 0 Å². The first-order valence-electron chi connectivity index (χ1n) is 19.1. The normalized spacial score (nSPS) is 15.2. The van der Waals surface area contributed by atoms with Crippen LogP contribution in [0.4, 0.5) is 0 Å². The second kappa shape index (κ2) is 28.4. The van der Waals surface area contributed by atoms with E-state index in [1.54, 1.807) is 0 Å². The molecule has 1 heterocycles. The molecule has 0 saturated carbocycles. The van der Waals surface area contributed by atoms with Gasteiger partial charge in [0.15, 0.2) is 0 Å². The number of hydrogen-bond donors (Lipinski definition) is 0. The predicted molar refractivity (Wildman–Crippen MR) is 182 cm³/mol. The first-order valence-corrected chi connectivity index (χ1v) is 19.1. The average Bonchev–Trinajstić information content (AvgIpc) is 3.01. The smallest absolute Gasteiger partial charge is 0.309 e. The Kier molecular flexibility index (Phi) is 26.3. The van der Waals surface area contributed by atoms with Gasteiger partial charge in [0, 0.05) is 0 Å². The van der Waals surface area contributed by atoms with Crippen molar-refractivity contribution in [1.82, 2.24) is 4.90 Å². The first-order chi connectivity index (χ1) is 21.0. The summed E-state index contributed by atoms with van der Waals surface area (Å²) in [7, 11) is 2.11.